The van der Waals surface area contributed by atoms with Gasteiger partial charge in [-0.15, -0.1) is 0 Å². The number of halogens is 1. The quantitative estimate of drug-likeness (QED) is 0.555. The predicted octanol–water partition coefficient (Wildman–Crippen LogP) is 2.61. The molecule has 1 aliphatic rings. The van der Waals surface area contributed by atoms with E-state index in [1.807, 2.05) is 0 Å². The Balaban J connectivity index is 1.62. The molecule has 9 heteroatoms. The number of nitrogens with one attached hydrogen (secondary N) is 2. The molecule has 1 saturated heterocycles. The number of rotatable bonds is 2. The van der Waals surface area contributed by atoms with Gasteiger partial charge in [0.1, 0.15) is 5.82 Å². The number of hydrogen-bond acceptors (Lipinski definition) is 6. The first-order valence-corrected chi connectivity index (χ1v) is 9.67. The van der Waals surface area contributed by atoms with Gasteiger partial charge >= 0.3 is 0 Å². The highest BCUT2D eigenvalue weighted by Crippen LogP contribution is 2.31. The highest BCUT2D eigenvalue weighted by atomic mass is 32.1. The number of aromatic nitrogens is 5. The number of aryl methyl sites for hydroxylation is 1. The minimum Gasteiger partial charge on any atom is -0.317 e. The van der Waals surface area contributed by atoms with Gasteiger partial charge < -0.3 is 14.7 Å². The lowest BCUT2D eigenvalue weighted by atomic mass is 9.99. The number of piperidine rings is 1. The van der Waals surface area contributed by atoms with Crippen LogP contribution in [-0.4, -0.2) is 37.4 Å². The maximum atomic E-state index is 14.4. The Morgan fingerprint density at radius 2 is 2.04 bits per heavy atom. The zero-order valence-electron chi connectivity index (χ0n) is 14.6. The maximum Gasteiger partial charge on any atom is 0.278 e. The van der Waals surface area contributed by atoms with Crippen molar-refractivity contribution in [2.75, 3.05) is 13.1 Å². The Kier molecular flexibility index (Phi) is 3.80. The molecule has 27 heavy (non-hydrogen) atoms. The topological polar surface area (TPSA) is 88.0 Å². The number of hydrogen-bond donors (Lipinski definition) is 2. The number of thiazole rings is 1. The van der Waals surface area contributed by atoms with Crippen molar-refractivity contribution in [3.8, 4) is 11.4 Å². The summed E-state index contributed by atoms with van der Waals surface area (Å²) in [6, 6.07) is 1.35. The summed E-state index contributed by atoms with van der Waals surface area (Å²) in [6.07, 6.45) is 5.47. The van der Waals surface area contributed by atoms with E-state index in [-0.39, 0.29) is 11.2 Å². The van der Waals surface area contributed by atoms with E-state index in [0.717, 1.165) is 36.6 Å². The summed E-state index contributed by atoms with van der Waals surface area (Å²) in [5.41, 5.74) is 1.53. The summed E-state index contributed by atoms with van der Waals surface area (Å²) in [4.78, 5) is 29.1. The molecule has 0 aliphatic carbocycles. The van der Waals surface area contributed by atoms with Crippen LogP contribution in [0.15, 0.2) is 23.3 Å². The van der Waals surface area contributed by atoms with Gasteiger partial charge in [0, 0.05) is 23.9 Å². The third-order valence-corrected chi connectivity index (χ3v) is 5.99. The number of nitrogens with zero attached hydrogens (tertiary/aromatic N) is 4. The third-order valence-electron chi connectivity index (χ3n) is 4.87. The molecular formula is C18H17FN6OS. The van der Waals surface area contributed by atoms with E-state index in [9.17, 15) is 9.18 Å². The Hall–Kier alpha value is -2.65. The molecule has 0 radical (unpaired) electrons. The second kappa shape index (κ2) is 6.21. The van der Waals surface area contributed by atoms with Gasteiger partial charge in [-0.1, -0.05) is 11.3 Å². The van der Waals surface area contributed by atoms with Crippen LogP contribution in [0.4, 0.5) is 4.39 Å². The van der Waals surface area contributed by atoms with Crippen LogP contribution < -0.4 is 10.9 Å². The molecule has 1 fully saturated rings. The van der Waals surface area contributed by atoms with E-state index in [1.165, 1.54) is 17.4 Å². The highest BCUT2D eigenvalue weighted by Gasteiger charge is 2.21. The van der Waals surface area contributed by atoms with Crippen LogP contribution in [0.3, 0.4) is 0 Å². The van der Waals surface area contributed by atoms with Crippen molar-refractivity contribution < 1.29 is 4.39 Å². The molecule has 5 rings (SSSR count). The van der Waals surface area contributed by atoms with E-state index in [1.54, 1.807) is 23.7 Å². The van der Waals surface area contributed by atoms with Crippen LogP contribution >= 0.6 is 11.3 Å². The molecule has 0 bridgehead atoms. The van der Waals surface area contributed by atoms with E-state index in [2.05, 4.69) is 25.3 Å². The Morgan fingerprint density at radius 3 is 2.85 bits per heavy atom. The van der Waals surface area contributed by atoms with E-state index < -0.39 is 5.82 Å². The second-order valence-electron chi connectivity index (χ2n) is 6.83. The van der Waals surface area contributed by atoms with Crippen molar-refractivity contribution in [3.05, 3.63) is 45.3 Å². The van der Waals surface area contributed by atoms with Gasteiger partial charge in [-0.3, -0.25) is 4.79 Å². The standard InChI is InChI=1S/C18H17FN6OS/c1-9-7-25-8-11(6-12(19)15(25)21-9)14-23-16(26)13-18(24-14)27-17(22-13)10-2-4-20-5-3-10/h6-8,10,20H,2-5H2,1H3,(H,23,24,26). The fourth-order valence-corrected chi connectivity index (χ4v) is 4.65. The molecule has 0 saturated carbocycles. The Morgan fingerprint density at radius 1 is 1.22 bits per heavy atom. The molecule has 0 spiro atoms. The first kappa shape index (κ1) is 16.5. The SMILES string of the molecule is Cc1cn2cc(-c3nc4sc(C5CCNCC5)nc4c(=O)[nH]3)cc(F)c2n1. The van der Waals surface area contributed by atoms with E-state index in [4.69, 9.17) is 0 Å². The van der Waals surface area contributed by atoms with E-state index >= 15 is 0 Å². The number of fused-ring (bicyclic) bond motifs is 2. The van der Waals surface area contributed by atoms with Crippen LogP contribution in [0.5, 0.6) is 0 Å². The fourth-order valence-electron chi connectivity index (χ4n) is 3.54. The maximum absolute atomic E-state index is 14.4. The monoisotopic (exact) mass is 384 g/mol. The average molecular weight is 384 g/mol. The first-order valence-electron chi connectivity index (χ1n) is 8.85. The summed E-state index contributed by atoms with van der Waals surface area (Å²) in [5, 5.41) is 4.28. The van der Waals surface area contributed by atoms with Crippen molar-refractivity contribution in [1.82, 2.24) is 29.7 Å². The van der Waals surface area contributed by atoms with Crippen LogP contribution in [0, 0.1) is 12.7 Å². The second-order valence-corrected chi connectivity index (χ2v) is 7.84. The van der Waals surface area contributed by atoms with Gasteiger partial charge in [0.25, 0.3) is 5.56 Å². The van der Waals surface area contributed by atoms with Crippen molar-refractivity contribution in [1.29, 1.82) is 0 Å². The van der Waals surface area contributed by atoms with Crippen LogP contribution in [0.2, 0.25) is 0 Å². The summed E-state index contributed by atoms with van der Waals surface area (Å²) in [7, 11) is 0. The molecular weight excluding hydrogens is 367 g/mol. The number of imidazole rings is 1. The van der Waals surface area contributed by atoms with Crippen molar-refractivity contribution in [2.45, 2.75) is 25.7 Å². The molecule has 2 N–H and O–H groups in total. The molecule has 0 unspecified atom stereocenters. The highest BCUT2D eigenvalue weighted by molar-refractivity contribution is 7.18. The zero-order valence-corrected chi connectivity index (χ0v) is 15.4. The Bertz CT molecular complexity index is 1220. The van der Waals surface area contributed by atoms with Crippen molar-refractivity contribution in [2.24, 2.45) is 0 Å². The predicted molar refractivity (Wildman–Crippen MR) is 102 cm³/mol. The Labute approximate surface area is 157 Å². The number of H-pyrrole nitrogens is 1. The minimum atomic E-state index is -0.456. The molecule has 4 aromatic heterocycles. The molecule has 7 nitrogen and oxygen atoms in total. The van der Waals surface area contributed by atoms with Gasteiger partial charge in [-0.05, 0) is 38.9 Å². The third kappa shape index (κ3) is 2.83. The number of pyridine rings is 1. The normalized spacial score (nSPS) is 15.8. The molecule has 1 aliphatic heterocycles. The van der Waals surface area contributed by atoms with Gasteiger partial charge in [0.2, 0.25) is 0 Å². The summed E-state index contributed by atoms with van der Waals surface area (Å²) in [5.74, 6) is 0.235. The lowest BCUT2D eigenvalue weighted by Crippen LogP contribution is -2.26. The fraction of sp³-hybridized carbons (Fsp3) is 0.333. The minimum absolute atomic E-state index is 0.255. The molecule has 0 aromatic carbocycles. The van der Waals surface area contributed by atoms with E-state index in [0.29, 0.717) is 27.7 Å². The van der Waals surface area contributed by atoms with Crippen LogP contribution in [0.25, 0.3) is 27.4 Å². The lowest BCUT2D eigenvalue weighted by molar-refractivity contribution is 0.459. The van der Waals surface area contributed by atoms with Crippen LogP contribution in [-0.2, 0) is 0 Å². The molecule has 4 aromatic rings. The summed E-state index contributed by atoms with van der Waals surface area (Å²) >= 11 is 1.46. The van der Waals surface area contributed by atoms with Crippen LogP contribution in [0.1, 0.15) is 29.5 Å². The lowest BCUT2D eigenvalue weighted by Gasteiger charge is -2.20. The van der Waals surface area contributed by atoms with Gasteiger partial charge in [0.05, 0.1) is 10.7 Å². The average Bonchev–Trinajstić information content (AvgIpc) is 3.26. The molecule has 5 heterocycles. The molecule has 138 valence electrons. The van der Waals surface area contributed by atoms with Gasteiger partial charge in [-0.25, -0.2) is 19.3 Å². The number of aromatic amines is 1. The largest absolute Gasteiger partial charge is 0.317 e. The van der Waals surface area contributed by atoms with Crippen molar-refractivity contribution in [3.63, 3.8) is 0 Å². The molecule has 0 atom stereocenters. The first-order chi connectivity index (χ1) is 13.1. The molecule has 0 amide bonds. The summed E-state index contributed by atoms with van der Waals surface area (Å²) < 4.78 is 16.0. The summed E-state index contributed by atoms with van der Waals surface area (Å²) in [6.45, 7) is 3.72. The smallest absolute Gasteiger partial charge is 0.278 e. The van der Waals surface area contributed by atoms with Gasteiger partial charge in [-0.2, -0.15) is 0 Å². The van der Waals surface area contributed by atoms with Gasteiger partial charge in [0.15, 0.2) is 21.8 Å². The zero-order chi connectivity index (χ0) is 18.5. The van der Waals surface area contributed by atoms with Crippen molar-refractivity contribution >= 4 is 27.3 Å².